The molecule has 1 atom stereocenters. The molecule has 6 heteroatoms. The van der Waals surface area contributed by atoms with Crippen LogP contribution in [0.25, 0.3) is 0 Å². The van der Waals surface area contributed by atoms with Gasteiger partial charge in [0.2, 0.25) is 5.91 Å². The third kappa shape index (κ3) is 3.50. The molecule has 1 aliphatic heterocycles. The van der Waals surface area contributed by atoms with Crippen molar-refractivity contribution in [3.8, 4) is 5.75 Å². The zero-order valence-corrected chi connectivity index (χ0v) is 12.8. The van der Waals surface area contributed by atoms with Crippen molar-refractivity contribution in [1.29, 1.82) is 0 Å². The van der Waals surface area contributed by atoms with Gasteiger partial charge in [-0.05, 0) is 37.0 Å². The first-order chi connectivity index (χ1) is 10.5. The fourth-order valence-corrected chi connectivity index (χ4v) is 2.87. The van der Waals surface area contributed by atoms with Crippen molar-refractivity contribution < 1.29 is 14.7 Å². The zero-order valence-electron chi connectivity index (χ0n) is 12.8. The number of phenols is 1. The number of nitrogens with one attached hydrogen (secondary N) is 1. The Labute approximate surface area is 130 Å². The van der Waals surface area contributed by atoms with Gasteiger partial charge < -0.3 is 21.1 Å². The average Bonchev–Trinajstić information content (AvgIpc) is 2.53. The summed E-state index contributed by atoms with van der Waals surface area (Å²) in [5.74, 6) is -0.133. The third-order valence-electron chi connectivity index (χ3n) is 4.44. The van der Waals surface area contributed by atoms with E-state index in [1.807, 2.05) is 6.92 Å². The number of amides is 3. The van der Waals surface area contributed by atoms with E-state index in [-0.39, 0.29) is 17.7 Å². The number of rotatable bonds is 4. The minimum atomic E-state index is -0.603. The highest BCUT2D eigenvalue weighted by Crippen LogP contribution is 2.33. The van der Waals surface area contributed by atoms with Crippen LogP contribution >= 0.6 is 0 Å². The van der Waals surface area contributed by atoms with Crippen LogP contribution in [0.2, 0.25) is 0 Å². The molecule has 0 aliphatic carbocycles. The predicted molar refractivity (Wildman–Crippen MR) is 83.1 cm³/mol. The van der Waals surface area contributed by atoms with E-state index in [0.717, 1.165) is 18.4 Å². The van der Waals surface area contributed by atoms with Gasteiger partial charge in [0.25, 0.3) is 0 Å². The van der Waals surface area contributed by atoms with Crippen molar-refractivity contribution in [2.75, 3.05) is 13.1 Å². The van der Waals surface area contributed by atoms with Gasteiger partial charge in [0, 0.05) is 19.6 Å². The molecule has 0 unspecified atom stereocenters. The number of hydrogen-bond donors (Lipinski definition) is 3. The lowest BCUT2D eigenvalue weighted by molar-refractivity contribution is -0.130. The Hall–Kier alpha value is -2.24. The molecule has 0 aromatic heterocycles. The Morgan fingerprint density at radius 2 is 2.05 bits per heavy atom. The van der Waals surface area contributed by atoms with Gasteiger partial charge in [-0.25, -0.2) is 4.79 Å². The van der Waals surface area contributed by atoms with Gasteiger partial charge in [-0.3, -0.25) is 4.79 Å². The maximum absolute atomic E-state index is 12.3. The van der Waals surface area contributed by atoms with E-state index in [1.165, 1.54) is 0 Å². The average molecular weight is 305 g/mol. The number of aromatic hydroxyl groups is 1. The summed E-state index contributed by atoms with van der Waals surface area (Å²) in [6.45, 7) is 3.32. The lowest BCUT2D eigenvalue weighted by atomic mass is 9.77. The van der Waals surface area contributed by atoms with Gasteiger partial charge in [0.15, 0.2) is 0 Å². The summed E-state index contributed by atoms with van der Waals surface area (Å²) < 4.78 is 0. The molecule has 22 heavy (non-hydrogen) atoms. The fourth-order valence-electron chi connectivity index (χ4n) is 2.87. The van der Waals surface area contributed by atoms with Crippen molar-refractivity contribution in [3.05, 3.63) is 29.8 Å². The molecule has 1 fully saturated rings. The Morgan fingerprint density at radius 3 is 2.64 bits per heavy atom. The summed E-state index contributed by atoms with van der Waals surface area (Å²) in [6.07, 6.45) is 2.16. The molecular formula is C16H23N3O3. The van der Waals surface area contributed by atoms with Gasteiger partial charge >= 0.3 is 6.03 Å². The Bertz CT molecular complexity index is 544. The molecule has 120 valence electrons. The number of carbonyl (C=O) groups excluding carboxylic acids is 2. The second-order valence-electron chi connectivity index (χ2n) is 5.85. The van der Waals surface area contributed by atoms with Crippen LogP contribution in [-0.2, 0) is 11.3 Å². The van der Waals surface area contributed by atoms with Crippen LogP contribution in [0.5, 0.6) is 5.75 Å². The molecule has 1 aromatic rings. The quantitative estimate of drug-likeness (QED) is 0.788. The molecule has 1 saturated heterocycles. The zero-order chi connectivity index (χ0) is 16.2. The van der Waals surface area contributed by atoms with Crippen LogP contribution < -0.4 is 11.1 Å². The Balaban J connectivity index is 1.94. The molecule has 0 bridgehead atoms. The van der Waals surface area contributed by atoms with Crippen molar-refractivity contribution in [1.82, 2.24) is 10.2 Å². The molecule has 4 N–H and O–H groups in total. The summed E-state index contributed by atoms with van der Waals surface area (Å²) in [7, 11) is 0. The number of piperidine rings is 1. The molecular weight excluding hydrogens is 282 g/mol. The van der Waals surface area contributed by atoms with Gasteiger partial charge in [0.05, 0.1) is 5.41 Å². The standard InChI is InChI=1S/C16H23N3O3/c1-2-16(14(17)21)8-3-9-19(11-16)15(22)18-10-12-4-6-13(20)7-5-12/h4-7,20H,2-3,8-11H2,1H3,(H2,17,21)(H,18,22)/t16-/m1/s1. The molecule has 0 spiro atoms. The third-order valence-corrected chi connectivity index (χ3v) is 4.44. The summed E-state index contributed by atoms with van der Waals surface area (Å²) in [5, 5.41) is 12.1. The Kier molecular flexibility index (Phi) is 4.90. The van der Waals surface area contributed by atoms with Gasteiger partial charge in [-0.15, -0.1) is 0 Å². The van der Waals surface area contributed by atoms with Crippen LogP contribution in [0.15, 0.2) is 24.3 Å². The number of primary amides is 1. The number of benzene rings is 1. The molecule has 1 heterocycles. The minimum Gasteiger partial charge on any atom is -0.508 e. The highest BCUT2D eigenvalue weighted by atomic mass is 16.3. The number of likely N-dealkylation sites (tertiary alicyclic amines) is 1. The smallest absolute Gasteiger partial charge is 0.317 e. The highest BCUT2D eigenvalue weighted by Gasteiger charge is 2.40. The SMILES string of the molecule is CC[C@@]1(C(N)=O)CCCN(C(=O)NCc2ccc(O)cc2)C1. The second-order valence-corrected chi connectivity index (χ2v) is 5.85. The largest absolute Gasteiger partial charge is 0.508 e. The number of nitrogens with zero attached hydrogens (tertiary/aromatic N) is 1. The summed E-state index contributed by atoms with van der Waals surface area (Å²) >= 11 is 0. The van der Waals surface area contributed by atoms with Gasteiger partial charge in [0.1, 0.15) is 5.75 Å². The number of carbonyl (C=O) groups is 2. The number of hydrogen-bond acceptors (Lipinski definition) is 3. The fraction of sp³-hybridized carbons (Fsp3) is 0.500. The van der Waals surface area contributed by atoms with Crippen molar-refractivity contribution >= 4 is 11.9 Å². The van der Waals surface area contributed by atoms with Crippen molar-refractivity contribution in [2.24, 2.45) is 11.1 Å². The number of urea groups is 1. The van der Waals surface area contributed by atoms with E-state index >= 15 is 0 Å². The van der Waals surface area contributed by atoms with E-state index in [0.29, 0.717) is 26.1 Å². The van der Waals surface area contributed by atoms with E-state index in [9.17, 15) is 14.7 Å². The van der Waals surface area contributed by atoms with Crippen molar-refractivity contribution in [2.45, 2.75) is 32.7 Å². The van der Waals surface area contributed by atoms with Gasteiger partial charge in [-0.1, -0.05) is 19.1 Å². The van der Waals surface area contributed by atoms with Gasteiger partial charge in [-0.2, -0.15) is 0 Å². The maximum atomic E-state index is 12.3. The highest BCUT2D eigenvalue weighted by molar-refractivity contribution is 5.82. The molecule has 1 aliphatic rings. The first kappa shape index (κ1) is 16.1. The maximum Gasteiger partial charge on any atom is 0.317 e. The summed E-state index contributed by atoms with van der Waals surface area (Å²) in [5.41, 5.74) is 5.83. The Morgan fingerprint density at radius 1 is 1.36 bits per heavy atom. The molecule has 3 amide bonds. The van der Waals surface area contributed by atoms with Crippen LogP contribution in [0, 0.1) is 5.41 Å². The molecule has 2 rings (SSSR count). The molecule has 6 nitrogen and oxygen atoms in total. The normalized spacial score (nSPS) is 21.4. The van der Waals surface area contributed by atoms with E-state index < -0.39 is 5.41 Å². The monoisotopic (exact) mass is 305 g/mol. The predicted octanol–water partition coefficient (Wildman–Crippen LogP) is 1.58. The lowest BCUT2D eigenvalue weighted by Gasteiger charge is -2.40. The number of phenolic OH excluding ortho intramolecular Hbond substituents is 1. The minimum absolute atomic E-state index is 0.188. The molecule has 1 aromatic carbocycles. The van der Waals surface area contributed by atoms with Crippen LogP contribution in [0.4, 0.5) is 4.79 Å². The first-order valence-corrected chi connectivity index (χ1v) is 7.57. The summed E-state index contributed by atoms with van der Waals surface area (Å²) in [4.78, 5) is 25.7. The van der Waals surface area contributed by atoms with E-state index in [4.69, 9.17) is 5.73 Å². The molecule has 0 saturated carbocycles. The summed E-state index contributed by atoms with van der Waals surface area (Å²) in [6, 6.07) is 6.48. The first-order valence-electron chi connectivity index (χ1n) is 7.57. The van der Waals surface area contributed by atoms with Crippen LogP contribution in [0.1, 0.15) is 31.7 Å². The van der Waals surface area contributed by atoms with Crippen LogP contribution in [-0.4, -0.2) is 35.0 Å². The van der Waals surface area contributed by atoms with Crippen LogP contribution in [0.3, 0.4) is 0 Å². The van der Waals surface area contributed by atoms with Crippen molar-refractivity contribution in [3.63, 3.8) is 0 Å². The van der Waals surface area contributed by atoms with E-state index in [1.54, 1.807) is 29.2 Å². The second kappa shape index (κ2) is 6.68. The van der Waals surface area contributed by atoms with E-state index in [2.05, 4.69) is 5.32 Å². The number of nitrogens with two attached hydrogens (primary N) is 1. The topological polar surface area (TPSA) is 95.7 Å². The molecule has 0 radical (unpaired) electrons. The lowest BCUT2D eigenvalue weighted by Crippen LogP contribution is -2.54.